The van der Waals surface area contributed by atoms with Crippen LogP contribution in [0, 0.1) is 13.8 Å². The zero-order valence-corrected chi connectivity index (χ0v) is 10.8. The van der Waals surface area contributed by atoms with E-state index in [1.807, 2.05) is 7.05 Å². The summed E-state index contributed by atoms with van der Waals surface area (Å²) in [5.74, 6) is 0. The summed E-state index contributed by atoms with van der Waals surface area (Å²) in [4.78, 5) is 0. The highest BCUT2D eigenvalue weighted by Gasteiger charge is 2.21. The predicted octanol–water partition coefficient (Wildman–Crippen LogP) is 1.98. The summed E-state index contributed by atoms with van der Waals surface area (Å²) in [7, 11) is 1.98. The van der Waals surface area contributed by atoms with Crippen molar-refractivity contribution < 1.29 is 9.47 Å². The third-order valence-electron chi connectivity index (χ3n) is 3.26. The second kappa shape index (κ2) is 5.63. The molecule has 1 atom stereocenters. The van der Waals surface area contributed by atoms with Gasteiger partial charge in [0.1, 0.15) is 6.10 Å². The molecule has 2 rings (SSSR count). The Hall–Kier alpha value is -0.900. The first-order valence-electron chi connectivity index (χ1n) is 6.14. The van der Waals surface area contributed by atoms with Crippen LogP contribution < -0.4 is 5.32 Å². The first-order valence-corrected chi connectivity index (χ1v) is 6.14. The van der Waals surface area contributed by atoms with Gasteiger partial charge in [-0.3, -0.25) is 0 Å². The molecule has 1 aromatic rings. The van der Waals surface area contributed by atoms with Crippen LogP contribution >= 0.6 is 0 Å². The number of aryl methyl sites for hydroxylation is 2. The van der Waals surface area contributed by atoms with E-state index in [1.54, 1.807) is 0 Å². The van der Waals surface area contributed by atoms with Crippen molar-refractivity contribution in [2.24, 2.45) is 0 Å². The van der Waals surface area contributed by atoms with Crippen LogP contribution in [-0.4, -0.2) is 33.0 Å². The van der Waals surface area contributed by atoms with Gasteiger partial charge in [-0.1, -0.05) is 23.8 Å². The van der Waals surface area contributed by atoms with E-state index in [2.05, 4.69) is 37.4 Å². The lowest BCUT2D eigenvalue weighted by Gasteiger charge is -2.28. The fraction of sp³-hybridized carbons (Fsp3) is 0.571. The summed E-state index contributed by atoms with van der Waals surface area (Å²) in [5.41, 5.74) is 3.92. The maximum atomic E-state index is 5.79. The number of hydrogen-bond acceptors (Lipinski definition) is 3. The van der Waals surface area contributed by atoms with Crippen LogP contribution in [0.3, 0.4) is 0 Å². The number of ether oxygens (including phenoxy) is 2. The Morgan fingerprint density at radius 1 is 1.41 bits per heavy atom. The third-order valence-corrected chi connectivity index (χ3v) is 3.26. The summed E-state index contributed by atoms with van der Waals surface area (Å²) in [6.45, 7) is 6.45. The summed E-state index contributed by atoms with van der Waals surface area (Å²) >= 11 is 0. The molecule has 94 valence electrons. The minimum Gasteiger partial charge on any atom is -0.376 e. The summed E-state index contributed by atoms with van der Waals surface area (Å²) in [5, 5.41) is 3.32. The van der Waals surface area contributed by atoms with Gasteiger partial charge in [0.05, 0.1) is 25.9 Å². The van der Waals surface area contributed by atoms with Crippen LogP contribution in [0.1, 0.15) is 22.7 Å². The number of benzene rings is 1. The predicted molar refractivity (Wildman–Crippen MR) is 68.3 cm³/mol. The molecule has 0 saturated carbocycles. The highest BCUT2D eigenvalue weighted by Crippen LogP contribution is 2.20. The Kier molecular flexibility index (Phi) is 4.15. The Balaban J connectivity index is 2.02. The second-order valence-corrected chi connectivity index (χ2v) is 4.69. The standard InChI is InChI=1S/C14H21NO2/c1-10-4-5-11(2)13(6-10)14(15-3)9-17-12-7-16-8-12/h4-6,12,14-15H,7-9H2,1-3H3. The molecule has 3 heteroatoms. The van der Waals surface area contributed by atoms with Crippen LogP contribution in [0.2, 0.25) is 0 Å². The molecule has 0 radical (unpaired) electrons. The molecule has 17 heavy (non-hydrogen) atoms. The van der Waals surface area contributed by atoms with Crippen molar-refractivity contribution in [2.45, 2.75) is 26.0 Å². The Morgan fingerprint density at radius 3 is 2.76 bits per heavy atom. The van der Waals surface area contributed by atoms with Gasteiger partial charge in [0.25, 0.3) is 0 Å². The van der Waals surface area contributed by atoms with Gasteiger partial charge in [-0.2, -0.15) is 0 Å². The van der Waals surface area contributed by atoms with Crippen molar-refractivity contribution in [1.82, 2.24) is 5.32 Å². The normalized spacial score (nSPS) is 17.8. The van der Waals surface area contributed by atoms with E-state index in [0.717, 1.165) is 13.2 Å². The lowest BCUT2D eigenvalue weighted by atomic mass is 9.99. The molecular weight excluding hydrogens is 214 g/mol. The van der Waals surface area contributed by atoms with Crippen LogP contribution in [0.25, 0.3) is 0 Å². The summed E-state index contributed by atoms with van der Waals surface area (Å²) in [6.07, 6.45) is 0.288. The summed E-state index contributed by atoms with van der Waals surface area (Å²) in [6, 6.07) is 6.81. The average molecular weight is 235 g/mol. The zero-order valence-electron chi connectivity index (χ0n) is 10.8. The van der Waals surface area contributed by atoms with Crippen molar-refractivity contribution in [2.75, 3.05) is 26.9 Å². The van der Waals surface area contributed by atoms with Crippen LogP contribution in [0.4, 0.5) is 0 Å². The molecule has 1 aliphatic rings. The molecule has 1 saturated heterocycles. The van der Waals surface area contributed by atoms with Gasteiger partial charge < -0.3 is 14.8 Å². The van der Waals surface area contributed by atoms with E-state index in [1.165, 1.54) is 16.7 Å². The zero-order chi connectivity index (χ0) is 12.3. The Bertz CT molecular complexity index is 374. The second-order valence-electron chi connectivity index (χ2n) is 4.69. The van der Waals surface area contributed by atoms with Gasteiger partial charge in [-0.25, -0.2) is 0 Å². The quantitative estimate of drug-likeness (QED) is 0.846. The maximum absolute atomic E-state index is 5.79. The van der Waals surface area contributed by atoms with E-state index >= 15 is 0 Å². The monoisotopic (exact) mass is 235 g/mol. The lowest BCUT2D eigenvalue weighted by molar-refractivity contribution is -0.133. The number of rotatable bonds is 5. The molecule has 1 aliphatic heterocycles. The fourth-order valence-electron chi connectivity index (χ4n) is 2.01. The molecule has 0 aliphatic carbocycles. The van der Waals surface area contributed by atoms with E-state index in [0.29, 0.717) is 6.61 Å². The van der Waals surface area contributed by atoms with Crippen LogP contribution in [-0.2, 0) is 9.47 Å². The molecule has 1 unspecified atom stereocenters. The van der Waals surface area contributed by atoms with Crippen molar-refractivity contribution in [3.8, 4) is 0 Å². The van der Waals surface area contributed by atoms with Gasteiger partial charge in [0.15, 0.2) is 0 Å². The van der Waals surface area contributed by atoms with Crippen LogP contribution in [0.5, 0.6) is 0 Å². The van der Waals surface area contributed by atoms with Crippen molar-refractivity contribution in [3.63, 3.8) is 0 Å². The third kappa shape index (κ3) is 3.06. The minimum absolute atomic E-state index is 0.260. The highest BCUT2D eigenvalue weighted by molar-refractivity contribution is 5.33. The first-order chi connectivity index (χ1) is 8.20. The van der Waals surface area contributed by atoms with Crippen molar-refractivity contribution in [1.29, 1.82) is 0 Å². The average Bonchev–Trinajstić information content (AvgIpc) is 2.26. The van der Waals surface area contributed by atoms with E-state index < -0.39 is 0 Å². The van der Waals surface area contributed by atoms with E-state index in [4.69, 9.17) is 9.47 Å². The highest BCUT2D eigenvalue weighted by atomic mass is 16.6. The summed E-state index contributed by atoms with van der Waals surface area (Å²) < 4.78 is 10.9. The van der Waals surface area contributed by atoms with Gasteiger partial charge >= 0.3 is 0 Å². The van der Waals surface area contributed by atoms with Gasteiger partial charge in [-0.05, 0) is 32.0 Å². The Morgan fingerprint density at radius 2 is 2.18 bits per heavy atom. The molecule has 0 spiro atoms. The van der Waals surface area contributed by atoms with Crippen molar-refractivity contribution >= 4 is 0 Å². The van der Waals surface area contributed by atoms with Crippen LogP contribution in [0.15, 0.2) is 18.2 Å². The lowest BCUT2D eigenvalue weighted by Crippen LogP contribution is -2.38. The molecule has 1 aromatic carbocycles. The minimum atomic E-state index is 0.260. The van der Waals surface area contributed by atoms with Gasteiger partial charge in [0.2, 0.25) is 0 Å². The maximum Gasteiger partial charge on any atom is 0.104 e. The smallest absolute Gasteiger partial charge is 0.104 e. The molecule has 1 fully saturated rings. The van der Waals surface area contributed by atoms with Crippen molar-refractivity contribution in [3.05, 3.63) is 34.9 Å². The number of likely N-dealkylation sites (N-methyl/N-ethyl adjacent to an activating group) is 1. The van der Waals surface area contributed by atoms with E-state index in [9.17, 15) is 0 Å². The molecule has 1 heterocycles. The fourth-order valence-corrected chi connectivity index (χ4v) is 2.01. The Labute approximate surface area is 103 Å². The molecule has 1 N–H and O–H groups in total. The molecule has 0 bridgehead atoms. The molecule has 0 aromatic heterocycles. The molecular formula is C14H21NO2. The molecule has 0 amide bonds. The SMILES string of the molecule is CNC(COC1COC1)c1cc(C)ccc1C. The van der Waals surface area contributed by atoms with Gasteiger partial charge in [-0.15, -0.1) is 0 Å². The van der Waals surface area contributed by atoms with E-state index in [-0.39, 0.29) is 12.1 Å². The first kappa shape index (κ1) is 12.6. The largest absolute Gasteiger partial charge is 0.376 e. The number of hydrogen-bond donors (Lipinski definition) is 1. The topological polar surface area (TPSA) is 30.5 Å². The molecule has 3 nitrogen and oxygen atoms in total. The number of nitrogens with one attached hydrogen (secondary N) is 1. The van der Waals surface area contributed by atoms with Gasteiger partial charge in [0, 0.05) is 0 Å².